The zero-order chi connectivity index (χ0) is 11.5. The van der Waals surface area contributed by atoms with Gasteiger partial charge in [0, 0.05) is 24.7 Å². The van der Waals surface area contributed by atoms with Gasteiger partial charge < -0.3 is 14.6 Å². The summed E-state index contributed by atoms with van der Waals surface area (Å²) in [6.45, 7) is 7.65. The molecule has 1 aliphatic rings. The SMILES string of the molecule is Cc1occc1CN(C)CC1CCNC1C. The maximum Gasteiger partial charge on any atom is 0.105 e. The van der Waals surface area contributed by atoms with Crippen molar-refractivity contribution in [2.75, 3.05) is 20.1 Å². The summed E-state index contributed by atoms with van der Waals surface area (Å²) in [6, 6.07) is 2.73. The molecule has 1 saturated heterocycles. The zero-order valence-electron chi connectivity index (χ0n) is 10.5. The van der Waals surface area contributed by atoms with Crippen LogP contribution in [0.1, 0.15) is 24.7 Å². The highest BCUT2D eigenvalue weighted by molar-refractivity contribution is 5.15. The fraction of sp³-hybridized carbons (Fsp3) is 0.692. The summed E-state index contributed by atoms with van der Waals surface area (Å²) >= 11 is 0. The molecule has 1 aromatic rings. The minimum absolute atomic E-state index is 0.660. The highest BCUT2D eigenvalue weighted by Gasteiger charge is 2.23. The molecule has 1 N–H and O–H groups in total. The lowest BCUT2D eigenvalue weighted by atomic mass is 10.0. The van der Waals surface area contributed by atoms with Gasteiger partial charge in [0.1, 0.15) is 5.76 Å². The largest absolute Gasteiger partial charge is 0.469 e. The second-order valence-electron chi connectivity index (χ2n) is 4.99. The molecule has 1 aromatic heterocycles. The quantitative estimate of drug-likeness (QED) is 0.845. The van der Waals surface area contributed by atoms with Crippen molar-refractivity contribution in [1.29, 1.82) is 0 Å². The van der Waals surface area contributed by atoms with E-state index < -0.39 is 0 Å². The molecule has 0 radical (unpaired) electrons. The summed E-state index contributed by atoms with van der Waals surface area (Å²) in [5.41, 5.74) is 1.31. The van der Waals surface area contributed by atoms with Crippen molar-refractivity contribution in [1.82, 2.24) is 10.2 Å². The third-order valence-electron chi connectivity index (χ3n) is 3.64. The summed E-state index contributed by atoms with van der Waals surface area (Å²) in [4.78, 5) is 2.39. The van der Waals surface area contributed by atoms with E-state index in [4.69, 9.17) is 4.42 Å². The van der Waals surface area contributed by atoms with E-state index in [2.05, 4.69) is 30.3 Å². The van der Waals surface area contributed by atoms with Crippen LogP contribution in [-0.2, 0) is 6.54 Å². The van der Waals surface area contributed by atoms with Crippen molar-refractivity contribution in [3.05, 3.63) is 23.7 Å². The number of hydrogen-bond donors (Lipinski definition) is 1. The van der Waals surface area contributed by atoms with E-state index in [1.54, 1.807) is 6.26 Å². The molecule has 2 unspecified atom stereocenters. The third kappa shape index (κ3) is 2.66. The summed E-state index contributed by atoms with van der Waals surface area (Å²) in [6.07, 6.45) is 3.08. The molecule has 1 aliphatic heterocycles. The van der Waals surface area contributed by atoms with Gasteiger partial charge in [-0.25, -0.2) is 0 Å². The Morgan fingerprint density at radius 3 is 2.94 bits per heavy atom. The standard InChI is InChI=1S/C13H22N2O/c1-10-12(4-6-14-10)8-15(3)9-13-5-7-16-11(13)2/h5,7,10,12,14H,4,6,8-9H2,1-3H3. The molecule has 0 amide bonds. The first-order chi connectivity index (χ1) is 7.66. The molecule has 0 aliphatic carbocycles. The fourth-order valence-electron chi connectivity index (χ4n) is 2.49. The van der Waals surface area contributed by atoms with E-state index in [1.807, 2.05) is 6.92 Å². The minimum atomic E-state index is 0.660. The Balaban J connectivity index is 1.84. The van der Waals surface area contributed by atoms with Gasteiger partial charge in [-0.1, -0.05) is 0 Å². The van der Waals surface area contributed by atoms with Gasteiger partial charge in [-0.15, -0.1) is 0 Å². The van der Waals surface area contributed by atoms with Crippen molar-refractivity contribution in [3.63, 3.8) is 0 Å². The van der Waals surface area contributed by atoms with Crippen LogP contribution in [0.15, 0.2) is 16.7 Å². The molecule has 0 aromatic carbocycles. The van der Waals surface area contributed by atoms with Crippen LogP contribution in [0.4, 0.5) is 0 Å². The predicted molar refractivity (Wildman–Crippen MR) is 65.4 cm³/mol. The van der Waals surface area contributed by atoms with E-state index >= 15 is 0 Å². The van der Waals surface area contributed by atoms with Gasteiger partial charge in [-0.2, -0.15) is 0 Å². The molecule has 0 spiro atoms. The maximum atomic E-state index is 5.32. The Morgan fingerprint density at radius 1 is 1.56 bits per heavy atom. The fourth-order valence-corrected chi connectivity index (χ4v) is 2.49. The molecule has 0 saturated carbocycles. The molecule has 16 heavy (non-hydrogen) atoms. The van der Waals surface area contributed by atoms with Gasteiger partial charge in [0.05, 0.1) is 6.26 Å². The van der Waals surface area contributed by atoms with Crippen LogP contribution in [-0.4, -0.2) is 31.1 Å². The third-order valence-corrected chi connectivity index (χ3v) is 3.64. The second-order valence-corrected chi connectivity index (χ2v) is 4.99. The molecular weight excluding hydrogens is 200 g/mol. The molecule has 3 heteroatoms. The average molecular weight is 222 g/mol. The molecule has 0 bridgehead atoms. The molecule has 2 rings (SSSR count). The van der Waals surface area contributed by atoms with E-state index in [1.165, 1.54) is 25.1 Å². The van der Waals surface area contributed by atoms with Gasteiger partial charge in [0.15, 0.2) is 0 Å². The average Bonchev–Trinajstić information content (AvgIpc) is 2.79. The van der Waals surface area contributed by atoms with Crippen molar-refractivity contribution in [2.24, 2.45) is 5.92 Å². The summed E-state index contributed by atoms with van der Waals surface area (Å²) in [7, 11) is 2.19. The lowest BCUT2D eigenvalue weighted by Gasteiger charge is -2.23. The van der Waals surface area contributed by atoms with Crippen molar-refractivity contribution in [2.45, 2.75) is 32.9 Å². The van der Waals surface area contributed by atoms with Gasteiger partial charge in [0.2, 0.25) is 0 Å². The van der Waals surface area contributed by atoms with Crippen LogP contribution in [0, 0.1) is 12.8 Å². The number of nitrogens with zero attached hydrogens (tertiary/aromatic N) is 1. The predicted octanol–water partition coefficient (Wildman–Crippen LogP) is 2.02. The number of aryl methyl sites for hydroxylation is 1. The van der Waals surface area contributed by atoms with Crippen LogP contribution < -0.4 is 5.32 Å². The molecule has 2 atom stereocenters. The number of hydrogen-bond acceptors (Lipinski definition) is 3. The van der Waals surface area contributed by atoms with Crippen molar-refractivity contribution >= 4 is 0 Å². The van der Waals surface area contributed by atoms with Gasteiger partial charge in [0.25, 0.3) is 0 Å². The number of furan rings is 1. The highest BCUT2D eigenvalue weighted by atomic mass is 16.3. The molecule has 2 heterocycles. The van der Waals surface area contributed by atoms with Crippen LogP contribution in [0.25, 0.3) is 0 Å². The van der Waals surface area contributed by atoms with E-state index in [0.29, 0.717) is 6.04 Å². The summed E-state index contributed by atoms with van der Waals surface area (Å²) in [5.74, 6) is 1.83. The molecule has 3 nitrogen and oxygen atoms in total. The number of rotatable bonds is 4. The first kappa shape index (κ1) is 11.7. The molecule has 1 fully saturated rings. The first-order valence-corrected chi connectivity index (χ1v) is 6.11. The van der Waals surface area contributed by atoms with Crippen LogP contribution in [0.2, 0.25) is 0 Å². The Hall–Kier alpha value is -0.800. The summed E-state index contributed by atoms with van der Waals surface area (Å²) < 4.78 is 5.32. The van der Waals surface area contributed by atoms with E-state index in [9.17, 15) is 0 Å². The molecular formula is C13H22N2O. The van der Waals surface area contributed by atoms with Gasteiger partial charge in [-0.3, -0.25) is 0 Å². The lowest BCUT2D eigenvalue weighted by Crippen LogP contribution is -2.32. The topological polar surface area (TPSA) is 28.4 Å². The lowest BCUT2D eigenvalue weighted by molar-refractivity contribution is 0.258. The summed E-state index contributed by atoms with van der Waals surface area (Å²) in [5, 5.41) is 3.50. The smallest absolute Gasteiger partial charge is 0.105 e. The maximum absolute atomic E-state index is 5.32. The van der Waals surface area contributed by atoms with Crippen molar-refractivity contribution < 1.29 is 4.42 Å². The van der Waals surface area contributed by atoms with Crippen LogP contribution in [0.3, 0.4) is 0 Å². The Kier molecular flexibility index (Phi) is 3.66. The Bertz CT molecular complexity index is 334. The van der Waals surface area contributed by atoms with E-state index in [-0.39, 0.29) is 0 Å². The zero-order valence-corrected chi connectivity index (χ0v) is 10.5. The Morgan fingerprint density at radius 2 is 2.38 bits per heavy atom. The first-order valence-electron chi connectivity index (χ1n) is 6.11. The highest BCUT2D eigenvalue weighted by Crippen LogP contribution is 2.18. The van der Waals surface area contributed by atoms with Crippen LogP contribution >= 0.6 is 0 Å². The van der Waals surface area contributed by atoms with Crippen LogP contribution in [0.5, 0.6) is 0 Å². The number of nitrogens with one attached hydrogen (secondary N) is 1. The Labute approximate surface area is 97.8 Å². The monoisotopic (exact) mass is 222 g/mol. The second kappa shape index (κ2) is 5.02. The van der Waals surface area contributed by atoms with Crippen molar-refractivity contribution in [3.8, 4) is 0 Å². The molecule has 90 valence electrons. The van der Waals surface area contributed by atoms with E-state index in [0.717, 1.165) is 18.2 Å². The van der Waals surface area contributed by atoms with Gasteiger partial charge in [-0.05, 0) is 45.8 Å². The minimum Gasteiger partial charge on any atom is -0.469 e. The normalized spacial score (nSPS) is 25.5. The van der Waals surface area contributed by atoms with Gasteiger partial charge >= 0.3 is 0 Å².